The number of benzene rings is 2. The van der Waals surface area contributed by atoms with Crippen molar-refractivity contribution in [2.45, 2.75) is 17.2 Å². The number of nitrogens with one attached hydrogen (secondary N) is 2. The molecule has 0 saturated carbocycles. The van der Waals surface area contributed by atoms with Crippen molar-refractivity contribution in [3.8, 4) is 6.07 Å². The second-order valence-electron chi connectivity index (χ2n) is 6.39. The number of amides is 2. The molecule has 30 heavy (non-hydrogen) atoms. The number of halogens is 2. The number of hydrogen-bond donors (Lipinski definition) is 2. The molecule has 9 heteroatoms. The van der Waals surface area contributed by atoms with Crippen molar-refractivity contribution in [1.82, 2.24) is 5.32 Å². The van der Waals surface area contributed by atoms with E-state index < -0.39 is 11.7 Å². The first-order valence-corrected chi connectivity index (χ1v) is 11.9. The maximum absolute atomic E-state index is 13.9. The maximum Gasteiger partial charge on any atom is 0.234 e. The van der Waals surface area contributed by atoms with E-state index in [0.717, 1.165) is 22.2 Å². The molecule has 0 saturated heterocycles. The Labute approximate surface area is 190 Å². The van der Waals surface area contributed by atoms with Crippen molar-refractivity contribution in [3.63, 3.8) is 0 Å². The summed E-state index contributed by atoms with van der Waals surface area (Å²) in [5.74, 6) is -1.65. The van der Waals surface area contributed by atoms with Gasteiger partial charge in [0, 0.05) is 21.7 Å². The minimum atomic E-state index is -0.556. The lowest BCUT2D eigenvalue weighted by Gasteiger charge is -2.25. The second kappa shape index (κ2) is 10.2. The summed E-state index contributed by atoms with van der Waals surface area (Å²) in [6.07, 6.45) is 2.14. The van der Waals surface area contributed by atoms with Gasteiger partial charge in [-0.3, -0.25) is 9.59 Å². The van der Waals surface area contributed by atoms with Gasteiger partial charge < -0.3 is 10.6 Å². The van der Waals surface area contributed by atoms with E-state index in [9.17, 15) is 19.2 Å². The van der Waals surface area contributed by atoms with Crippen molar-refractivity contribution in [2.75, 3.05) is 17.3 Å². The highest BCUT2D eigenvalue weighted by atomic mass is 79.9. The Morgan fingerprint density at radius 2 is 2.07 bits per heavy atom. The third kappa shape index (κ3) is 5.45. The van der Waals surface area contributed by atoms with Crippen LogP contribution < -0.4 is 10.6 Å². The summed E-state index contributed by atoms with van der Waals surface area (Å²) < 4.78 is 14.5. The number of allylic oxidation sites excluding steroid dienone is 1. The predicted molar refractivity (Wildman–Crippen MR) is 122 cm³/mol. The van der Waals surface area contributed by atoms with Crippen LogP contribution >= 0.6 is 39.5 Å². The minimum absolute atomic E-state index is 0.0673. The molecule has 2 amide bonds. The van der Waals surface area contributed by atoms with Gasteiger partial charge in [-0.25, -0.2) is 4.39 Å². The van der Waals surface area contributed by atoms with Crippen molar-refractivity contribution in [2.24, 2.45) is 0 Å². The fourth-order valence-corrected chi connectivity index (χ4v) is 4.59. The lowest BCUT2D eigenvalue weighted by molar-refractivity contribution is -0.121. The third-order valence-corrected chi connectivity index (χ3v) is 6.68. The Balaban J connectivity index is 1.75. The zero-order chi connectivity index (χ0) is 21.7. The van der Waals surface area contributed by atoms with E-state index in [0.29, 0.717) is 15.1 Å². The standard InChI is InChI=1S/C21H17BrFN3O2S2/c1-29-14-5-2-12(3-6-14)15-9-19(27)26-21(16(15)10-24)30-11-20(28)25-18-7-4-13(22)8-17(18)23/h2-8,15H,9,11H2,1H3,(H,25,28)(H,26,27)/t15-/m0/s1. The third-order valence-electron chi connectivity index (χ3n) is 4.43. The van der Waals surface area contributed by atoms with Gasteiger partial charge in [-0.05, 0) is 42.2 Å². The molecule has 2 N–H and O–H groups in total. The number of thioether (sulfide) groups is 2. The molecule has 2 aromatic carbocycles. The van der Waals surface area contributed by atoms with Crippen LogP contribution in [0.1, 0.15) is 17.9 Å². The number of rotatable bonds is 6. The summed E-state index contributed by atoms with van der Waals surface area (Å²) >= 11 is 5.83. The fourth-order valence-electron chi connectivity index (χ4n) is 2.97. The summed E-state index contributed by atoms with van der Waals surface area (Å²) in [6, 6.07) is 14.3. The molecule has 1 aliphatic rings. The molecule has 2 aromatic rings. The van der Waals surface area contributed by atoms with Crippen LogP contribution in [0.25, 0.3) is 0 Å². The molecule has 1 heterocycles. The highest BCUT2D eigenvalue weighted by Crippen LogP contribution is 2.36. The monoisotopic (exact) mass is 505 g/mol. The highest BCUT2D eigenvalue weighted by Gasteiger charge is 2.29. The van der Waals surface area contributed by atoms with Crippen LogP contribution in [-0.4, -0.2) is 23.8 Å². The number of hydrogen-bond acceptors (Lipinski definition) is 5. The quantitative estimate of drug-likeness (QED) is 0.538. The molecule has 0 radical (unpaired) electrons. The number of anilines is 1. The molecule has 5 nitrogen and oxygen atoms in total. The fraction of sp³-hybridized carbons (Fsp3) is 0.190. The molecule has 0 spiro atoms. The molecule has 1 aliphatic heterocycles. The van der Waals surface area contributed by atoms with E-state index in [2.05, 4.69) is 32.6 Å². The average molecular weight is 506 g/mol. The van der Waals surface area contributed by atoms with Crippen LogP contribution in [0.5, 0.6) is 0 Å². The largest absolute Gasteiger partial charge is 0.323 e. The van der Waals surface area contributed by atoms with Crippen LogP contribution in [0.3, 0.4) is 0 Å². The molecular weight excluding hydrogens is 489 g/mol. The van der Waals surface area contributed by atoms with Crippen molar-refractivity contribution >= 4 is 57.0 Å². The SMILES string of the molecule is CSc1ccc([C@@H]2CC(=O)NC(SCC(=O)Nc3ccc(Br)cc3F)=C2C#N)cc1. The average Bonchev–Trinajstić information content (AvgIpc) is 2.74. The summed E-state index contributed by atoms with van der Waals surface area (Å²) in [5.41, 5.74) is 1.36. The summed E-state index contributed by atoms with van der Waals surface area (Å²) in [6.45, 7) is 0. The van der Waals surface area contributed by atoms with Crippen LogP contribution in [0.2, 0.25) is 0 Å². The lowest BCUT2D eigenvalue weighted by atomic mass is 9.87. The van der Waals surface area contributed by atoms with Gasteiger partial charge in [0.15, 0.2) is 0 Å². The zero-order valence-corrected chi connectivity index (χ0v) is 19.1. The highest BCUT2D eigenvalue weighted by molar-refractivity contribution is 9.10. The summed E-state index contributed by atoms with van der Waals surface area (Å²) in [5, 5.41) is 15.3. The van der Waals surface area contributed by atoms with Crippen LogP contribution in [0.4, 0.5) is 10.1 Å². The van der Waals surface area contributed by atoms with Gasteiger partial charge in [0.2, 0.25) is 11.8 Å². The minimum Gasteiger partial charge on any atom is -0.323 e. The number of nitriles is 1. The molecule has 154 valence electrons. The Kier molecular flexibility index (Phi) is 7.58. The van der Waals surface area contributed by atoms with Gasteiger partial charge in [0.25, 0.3) is 0 Å². The van der Waals surface area contributed by atoms with Crippen LogP contribution in [0.15, 0.2) is 62.4 Å². The Bertz CT molecular complexity index is 1050. The van der Waals surface area contributed by atoms with E-state index in [1.807, 2.05) is 30.5 Å². The van der Waals surface area contributed by atoms with Gasteiger partial charge in [0.05, 0.1) is 28.1 Å². The molecule has 0 fully saturated rings. The van der Waals surface area contributed by atoms with Crippen molar-refractivity contribution in [1.29, 1.82) is 5.26 Å². The first-order chi connectivity index (χ1) is 14.4. The molecule has 0 aromatic heterocycles. The first kappa shape index (κ1) is 22.4. The first-order valence-electron chi connectivity index (χ1n) is 8.87. The Morgan fingerprint density at radius 1 is 1.33 bits per heavy atom. The summed E-state index contributed by atoms with van der Waals surface area (Å²) in [4.78, 5) is 25.6. The molecule has 3 rings (SSSR count). The van der Waals surface area contributed by atoms with E-state index in [4.69, 9.17) is 0 Å². The van der Waals surface area contributed by atoms with Crippen molar-refractivity contribution < 1.29 is 14.0 Å². The number of carbonyl (C=O) groups excluding carboxylic acids is 2. The smallest absolute Gasteiger partial charge is 0.234 e. The summed E-state index contributed by atoms with van der Waals surface area (Å²) in [7, 11) is 0. The Morgan fingerprint density at radius 3 is 2.70 bits per heavy atom. The molecule has 0 aliphatic carbocycles. The topological polar surface area (TPSA) is 82.0 Å². The number of nitrogens with zero attached hydrogens (tertiary/aromatic N) is 1. The maximum atomic E-state index is 13.9. The number of carbonyl (C=O) groups is 2. The van der Waals surface area contributed by atoms with E-state index in [-0.39, 0.29) is 29.7 Å². The second-order valence-corrected chi connectivity index (χ2v) is 9.17. The molecular formula is C21H17BrFN3O2S2. The Hall–Kier alpha value is -2.28. The van der Waals surface area contributed by atoms with Crippen LogP contribution in [-0.2, 0) is 9.59 Å². The lowest BCUT2D eigenvalue weighted by Crippen LogP contribution is -2.31. The normalized spacial score (nSPS) is 16.1. The van der Waals surface area contributed by atoms with Gasteiger partial charge in [-0.2, -0.15) is 5.26 Å². The van der Waals surface area contributed by atoms with Crippen molar-refractivity contribution in [3.05, 3.63) is 68.9 Å². The van der Waals surface area contributed by atoms with E-state index >= 15 is 0 Å². The molecule has 0 unspecified atom stereocenters. The zero-order valence-electron chi connectivity index (χ0n) is 15.9. The predicted octanol–water partition coefficient (Wildman–Crippen LogP) is 5.02. The van der Waals surface area contributed by atoms with Gasteiger partial charge >= 0.3 is 0 Å². The van der Waals surface area contributed by atoms with Gasteiger partial charge in [-0.1, -0.05) is 39.8 Å². The van der Waals surface area contributed by atoms with E-state index in [1.54, 1.807) is 17.8 Å². The van der Waals surface area contributed by atoms with Crippen LogP contribution in [0, 0.1) is 17.1 Å². The van der Waals surface area contributed by atoms with E-state index in [1.165, 1.54) is 12.1 Å². The molecule has 1 atom stereocenters. The molecule has 0 bridgehead atoms. The van der Waals surface area contributed by atoms with Gasteiger partial charge in [0.1, 0.15) is 5.82 Å². The van der Waals surface area contributed by atoms with Gasteiger partial charge in [-0.15, -0.1) is 11.8 Å².